The summed E-state index contributed by atoms with van der Waals surface area (Å²) >= 11 is 0. The highest BCUT2D eigenvalue weighted by molar-refractivity contribution is 5.83. The number of piperidine rings is 1. The Morgan fingerprint density at radius 2 is 1.73 bits per heavy atom. The first-order chi connectivity index (χ1) is 19.9. The van der Waals surface area contributed by atoms with Gasteiger partial charge in [0.05, 0.1) is 17.4 Å². The molecule has 0 N–H and O–H groups in total. The molecule has 5 aromatic rings. The summed E-state index contributed by atoms with van der Waals surface area (Å²) in [5.41, 5.74) is 6.48. The number of hydrogen-bond acceptors (Lipinski definition) is 4. The molecule has 0 bridgehead atoms. The van der Waals surface area contributed by atoms with E-state index in [0.29, 0.717) is 5.92 Å². The Morgan fingerprint density at radius 3 is 2.44 bits per heavy atom. The summed E-state index contributed by atoms with van der Waals surface area (Å²) in [6, 6.07) is 31.7. The number of benzene rings is 4. The molecule has 2 heterocycles. The minimum Gasteiger partial charge on any atom is -0.457 e. The van der Waals surface area contributed by atoms with Crippen LogP contribution in [-0.2, 0) is 21.5 Å². The largest absolute Gasteiger partial charge is 0.457 e. The van der Waals surface area contributed by atoms with E-state index in [-0.39, 0.29) is 29.2 Å². The first-order valence-electron chi connectivity index (χ1n) is 14.2. The van der Waals surface area contributed by atoms with E-state index in [0.717, 1.165) is 41.8 Å². The third-order valence-corrected chi connectivity index (χ3v) is 9.00. The summed E-state index contributed by atoms with van der Waals surface area (Å²) in [4.78, 5) is 14.9. The number of hydrogen-bond donors (Lipinski definition) is 0. The Bertz CT molecular complexity index is 1720. The van der Waals surface area contributed by atoms with Crippen LogP contribution in [0.4, 0.5) is 4.39 Å². The number of carbonyl (C=O) groups is 1. The lowest BCUT2D eigenvalue weighted by Crippen LogP contribution is -2.31. The molecule has 4 aromatic carbocycles. The lowest BCUT2D eigenvalue weighted by Gasteiger charge is -2.29. The number of esters is 1. The van der Waals surface area contributed by atoms with Crippen molar-refractivity contribution in [3.05, 3.63) is 131 Å². The van der Waals surface area contributed by atoms with Gasteiger partial charge in [0.1, 0.15) is 11.9 Å². The Hall–Kier alpha value is -4.29. The van der Waals surface area contributed by atoms with Crippen LogP contribution in [0.2, 0.25) is 0 Å². The van der Waals surface area contributed by atoms with Crippen molar-refractivity contribution >= 4 is 16.9 Å². The van der Waals surface area contributed by atoms with Crippen molar-refractivity contribution in [3.8, 4) is 5.69 Å². The SMILES string of the molecule is CC(=O)OC(c1ccccc1)[C@@H]1[C@H]2CN(Cc3ccccc3)C[C@]21c1cc2cnn(-c3ccc(F)cc3)c2cc1C. The molecule has 4 atom stereocenters. The molecule has 1 unspecified atom stereocenters. The van der Waals surface area contributed by atoms with Crippen LogP contribution in [0.1, 0.15) is 35.3 Å². The van der Waals surface area contributed by atoms with E-state index in [1.54, 1.807) is 12.1 Å². The van der Waals surface area contributed by atoms with Gasteiger partial charge in [-0.3, -0.25) is 9.69 Å². The third-order valence-electron chi connectivity index (χ3n) is 9.00. The molecule has 5 nitrogen and oxygen atoms in total. The molecule has 7 rings (SSSR count). The van der Waals surface area contributed by atoms with Gasteiger partial charge in [-0.25, -0.2) is 9.07 Å². The number of likely N-dealkylation sites (tertiary alicyclic amines) is 1. The second-order valence-electron chi connectivity index (χ2n) is 11.5. The van der Waals surface area contributed by atoms with Crippen LogP contribution in [-0.4, -0.2) is 33.7 Å². The van der Waals surface area contributed by atoms with Crippen LogP contribution in [0.25, 0.3) is 16.6 Å². The Labute approximate surface area is 239 Å². The van der Waals surface area contributed by atoms with Crippen molar-refractivity contribution in [3.63, 3.8) is 0 Å². The van der Waals surface area contributed by atoms with E-state index in [4.69, 9.17) is 4.74 Å². The molecule has 0 amide bonds. The fourth-order valence-electron chi connectivity index (χ4n) is 7.31. The fourth-order valence-corrected chi connectivity index (χ4v) is 7.31. The molecule has 0 radical (unpaired) electrons. The molecule has 1 saturated heterocycles. The second kappa shape index (κ2) is 9.96. The molecule has 1 saturated carbocycles. The smallest absolute Gasteiger partial charge is 0.303 e. The molecule has 41 heavy (non-hydrogen) atoms. The maximum atomic E-state index is 13.6. The number of aromatic nitrogens is 2. The van der Waals surface area contributed by atoms with Crippen molar-refractivity contribution in [2.24, 2.45) is 11.8 Å². The van der Waals surface area contributed by atoms with Crippen molar-refractivity contribution < 1.29 is 13.9 Å². The first-order valence-corrected chi connectivity index (χ1v) is 14.2. The maximum absolute atomic E-state index is 13.6. The highest BCUT2D eigenvalue weighted by Gasteiger charge is 2.72. The van der Waals surface area contributed by atoms with Crippen LogP contribution in [0.5, 0.6) is 0 Å². The Morgan fingerprint density at radius 1 is 1.02 bits per heavy atom. The molecule has 1 aromatic heterocycles. The van der Waals surface area contributed by atoms with E-state index in [1.165, 1.54) is 35.7 Å². The van der Waals surface area contributed by atoms with Gasteiger partial charge < -0.3 is 4.74 Å². The van der Waals surface area contributed by atoms with Crippen molar-refractivity contribution in [1.29, 1.82) is 0 Å². The topological polar surface area (TPSA) is 47.4 Å². The highest BCUT2D eigenvalue weighted by Crippen LogP contribution is 2.69. The number of aryl methyl sites for hydroxylation is 1. The summed E-state index contributed by atoms with van der Waals surface area (Å²) in [6.45, 7) is 6.39. The van der Waals surface area contributed by atoms with Gasteiger partial charge in [0.15, 0.2) is 0 Å². The van der Waals surface area contributed by atoms with E-state index in [2.05, 4.69) is 71.5 Å². The number of rotatable bonds is 7. The Kier molecular flexibility index (Phi) is 6.24. The summed E-state index contributed by atoms with van der Waals surface area (Å²) in [6.07, 6.45) is 1.58. The number of nitrogens with zero attached hydrogens (tertiary/aromatic N) is 3. The van der Waals surface area contributed by atoms with Gasteiger partial charge in [-0.2, -0.15) is 5.10 Å². The van der Waals surface area contributed by atoms with Gasteiger partial charge in [0.2, 0.25) is 0 Å². The van der Waals surface area contributed by atoms with Crippen molar-refractivity contribution in [1.82, 2.24) is 14.7 Å². The minimum atomic E-state index is -0.311. The zero-order valence-electron chi connectivity index (χ0n) is 23.2. The predicted octanol–water partition coefficient (Wildman–Crippen LogP) is 6.78. The van der Waals surface area contributed by atoms with E-state index >= 15 is 0 Å². The fraction of sp³-hybridized carbons (Fsp3) is 0.257. The molecule has 0 spiro atoms. The zero-order chi connectivity index (χ0) is 28.1. The van der Waals surface area contributed by atoms with Gasteiger partial charge in [0.25, 0.3) is 0 Å². The lowest BCUT2D eigenvalue weighted by atomic mass is 9.86. The van der Waals surface area contributed by atoms with Gasteiger partial charge in [0, 0.05) is 43.3 Å². The molecule has 2 fully saturated rings. The summed E-state index contributed by atoms with van der Waals surface area (Å²) in [5, 5.41) is 5.71. The lowest BCUT2D eigenvalue weighted by molar-refractivity contribution is -0.148. The van der Waals surface area contributed by atoms with Crippen molar-refractivity contribution in [2.45, 2.75) is 31.9 Å². The first kappa shape index (κ1) is 25.7. The third kappa shape index (κ3) is 4.43. The van der Waals surface area contributed by atoms with Gasteiger partial charge >= 0.3 is 5.97 Å². The van der Waals surface area contributed by atoms with Crippen LogP contribution in [0.15, 0.2) is 103 Å². The van der Waals surface area contributed by atoms with Crippen LogP contribution >= 0.6 is 0 Å². The molecule has 1 aliphatic heterocycles. The monoisotopic (exact) mass is 545 g/mol. The standard InChI is InChI=1S/C35H32FN3O2/c1-23-17-32-27(19-37-39(32)29-15-13-28(36)14-16-29)18-30(23)35-22-38(20-25-9-5-3-6-10-25)21-31(35)33(35)34(41-24(2)40)26-11-7-4-8-12-26/h3-19,31,33-34H,20-22H2,1-2H3/t31-,33+,34?,35+/m1/s1. The predicted molar refractivity (Wildman–Crippen MR) is 157 cm³/mol. The summed E-state index contributed by atoms with van der Waals surface area (Å²) in [5.74, 6) is -0.00770. The molecule has 2 aliphatic rings. The average molecular weight is 546 g/mol. The van der Waals surface area contributed by atoms with Crippen LogP contribution < -0.4 is 0 Å². The maximum Gasteiger partial charge on any atom is 0.303 e. The number of fused-ring (bicyclic) bond motifs is 2. The Balaban J connectivity index is 1.31. The molecular weight excluding hydrogens is 513 g/mol. The second-order valence-corrected chi connectivity index (χ2v) is 11.5. The quantitative estimate of drug-likeness (QED) is 0.212. The molecular formula is C35H32FN3O2. The van der Waals surface area contributed by atoms with E-state index < -0.39 is 0 Å². The normalized spacial score (nSPS) is 22.4. The minimum absolute atomic E-state index is 0.152. The van der Waals surface area contributed by atoms with Gasteiger partial charge in [-0.1, -0.05) is 60.7 Å². The number of carbonyl (C=O) groups excluding carboxylic acids is 1. The summed E-state index contributed by atoms with van der Waals surface area (Å²) in [7, 11) is 0. The number of halogens is 1. The van der Waals surface area contributed by atoms with Gasteiger partial charge in [-0.05, 0) is 71.5 Å². The molecule has 1 aliphatic carbocycles. The van der Waals surface area contributed by atoms with Crippen LogP contribution in [0.3, 0.4) is 0 Å². The van der Waals surface area contributed by atoms with Gasteiger partial charge in [-0.15, -0.1) is 0 Å². The summed E-state index contributed by atoms with van der Waals surface area (Å²) < 4.78 is 21.5. The zero-order valence-corrected chi connectivity index (χ0v) is 23.2. The van der Waals surface area contributed by atoms with E-state index in [1.807, 2.05) is 29.1 Å². The molecule has 206 valence electrons. The van der Waals surface area contributed by atoms with E-state index in [9.17, 15) is 9.18 Å². The molecule has 6 heteroatoms. The van der Waals surface area contributed by atoms with Crippen molar-refractivity contribution in [2.75, 3.05) is 13.1 Å². The highest BCUT2D eigenvalue weighted by atomic mass is 19.1. The average Bonchev–Trinajstić information content (AvgIpc) is 3.22. The number of ether oxygens (including phenoxy) is 1. The van der Waals surface area contributed by atoms with Crippen LogP contribution in [0, 0.1) is 24.6 Å².